The molecule has 1 atom stereocenters. The molecule has 1 amide bonds. The lowest BCUT2D eigenvalue weighted by molar-refractivity contribution is -0.122. The van der Waals surface area contributed by atoms with Gasteiger partial charge >= 0.3 is 5.97 Å². The molecule has 0 bridgehead atoms. The summed E-state index contributed by atoms with van der Waals surface area (Å²) in [4.78, 5) is 24.3. The number of hydrogen-bond acceptors (Lipinski definition) is 5. The van der Waals surface area contributed by atoms with E-state index in [0.717, 1.165) is 13.0 Å². The van der Waals surface area contributed by atoms with Gasteiger partial charge in [-0.3, -0.25) is 4.79 Å². The van der Waals surface area contributed by atoms with Gasteiger partial charge in [0.05, 0.1) is 6.20 Å². The highest BCUT2D eigenvalue weighted by molar-refractivity contribution is 5.84. The van der Waals surface area contributed by atoms with Crippen molar-refractivity contribution in [2.24, 2.45) is 0 Å². The Morgan fingerprint density at radius 2 is 2.21 bits per heavy atom. The second-order valence-electron chi connectivity index (χ2n) is 4.67. The number of carboxylic acids is 1. The molecule has 0 radical (unpaired) electrons. The largest absolute Gasteiger partial charge is 0.476 e. The van der Waals surface area contributed by atoms with Gasteiger partial charge < -0.3 is 15.3 Å². The zero-order valence-corrected chi connectivity index (χ0v) is 11.3. The van der Waals surface area contributed by atoms with E-state index in [4.69, 9.17) is 5.11 Å². The number of hydrogen-bond donors (Lipinski definition) is 2. The van der Waals surface area contributed by atoms with Crippen molar-refractivity contribution in [2.75, 3.05) is 20.6 Å². The lowest BCUT2D eigenvalue weighted by Gasteiger charge is -2.16. The van der Waals surface area contributed by atoms with Crippen LogP contribution in [-0.4, -0.2) is 63.6 Å². The number of rotatable bonds is 7. The molecule has 1 unspecified atom stereocenters. The zero-order valence-electron chi connectivity index (χ0n) is 11.3. The standard InChI is InChI=1S/C11H19N5O3/c1-8(4-5-15(2)3)12-10(17)7-16-6-9(11(18)19)13-14-16/h6,8H,4-5,7H2,1-3H3,(H,12,17)(H,18,19). The second kappa shape index (κ2) is 6.83. The third kappa shape index (κ3) is 5.47. The number of amides is 1. The molecule has 1 aromatic rings. The molecule has 0 aliphatic rings. The van der Waals surface area contributed by atoms with Gasteiger partial charge in [-0.2, -0.15) is 0 Å². The summed E-state index contributed by atoms with van der Waals surface area (Å²) in [6, 6.07) is 0.0531. The van der Waals surface area contributed by atoms with E-state index < -0.39 is 5.97 Å². The predicted octanol–water partition coefficient (Wildman–Crippen LogP) is -0.567. The van der Waals surface area contributed by atoms with Crippen LogP contribution in [0.15, 0.2) is 6.20 Å². The SMILES string of the molecule is CC(CCN(C)C)NC(=O)Cn1cc(C(=O)O)nn1. The van der Waals surface area contributed by atoms with E-state index in [1.807, 2.05) is 25.9 Å². The van der Waals surface area contributed by atoms with Gasteiger partial charge in [-0.1, -0.05) is 5.21 Å². The van der Waals surface area contributed by atoms with Gasteiger partial charge in [0.15, 0.2) is 5.69 Å². The molecule has 0 aliphatic heterocycles. The van der Waals surface area contributed by atoms with Gasteiger partial charge in [0.2, 0.25) is 5.91 Å². The van der Waals surface area contributed by atoms with Crippen LogP contribution in [0.1, 0.15) is 23.8 Å². The quantitative estimate of drug-likeness (QED) is 0.687. The van der Waals surface area contributed by atoms with E-state index in [-0.39, 0.29) is 24.2 Å². The minimum absolute atomic E-state index is 0.0351. The van der Waals surface area contributed by atoms with Gasteiger partial charge in [0.25, 0.3) is 0 Å². The predicted molar refractivity (Wildman–Crippen MR) is 67.8 cm³/mol. The van der Waals surface area contributed by atoms with Crippen LogP contribution < -0.4 is 5.32 Å². The van der Waals surface area contributed by atoms with Crippen LogP contribution in [0.25, 0.3) is 0 Å². The van der Waals surface area contributed by atoms with Gasteiger partial charge in [0, 0.05) is 6.04 Å². The Morgan fingerprint density at radius 3 is 2.74 bits per heavy atom. The average molecular weight is 269 g/mol. The minimum Gasteiger partial charge on any atom is -0.476 e. The number of aromatic nitrogens is 3. The lowest BCUT2D eigenvalue weighted by Crippen LogP contribution is -2.37. The summed E-state index contributed by atoms with van der Waals surface area (Å²) < 4.78 is 1.21. The molecule has 8 nitrogen and oxygen atoms in total. The molecule has 0 saturated heterocycles. The first-order valence-electron chi connectivity index (χ1n) is 5.96. The molecule has 0 aliphatic carbocycles. The summed E-state index contributed by atoms with van der Waals surface area (Å²) in [6.07, 6.45) is 2.07. The van der Waals surface area contributed by atoms with Crippen molar-refractivity contribution in [3.05, 3.63) is 11.9 Å². The van der Waals surface area contributed by atoms with E-state index in [0.29, 0.717) is 0 Å². The highest BCUT2D eigenvalue weighted by Gasteiger charge is 2.12. The smallest absolute Gasteiger partial charge is 0.358 e. The Hall–Kier alpha value is -1.96. The summed E-state index contributed by atoms with van der Waals surface area (Å²) >= 11 is 0. The molecule has 106 valence electrons. The van der Waals surface area contributed by atoms with E-state index in [9.17, 15) is 9.59 Å². The molecule has 0 fully saturated rings. The summed E-state index contributed by atoms with van der Waals surface area (Å²) in [7, 11) is 3.94. The minimum atomic E-state index is -1.16. The molecule has 2 N–H and O–H groups in total. The first-order valence-corrected chi connectivity index (χ1v) is 5.96. The van der Waals surface area contributed by atoms with Crippen LogP contribution in [0.2, 0.25) is 0 Å². The monoisotopic (exact) mass is 269 g/mol. The number of nitrogens with zero attached hydrogens (tertiary/aromatic N) is 4. The fourth-order valence-corrected chi connectivity index (χ4v) is 1.47. The van der Waals surface area contributed by atoms with Crippen molar-refractivity contribution >= 4 is 11.9 Å². The number of aromatic carboxylic acids is 1. The molecule has 0 spiro atoms. The lowest BCUT2D eigenvalue weighted by atomic mass is 10.2. The van der Waals surface area contributed by atoms with Crippen LogP contribution >= 0.6 is 0 Å². The van der Waals surface area contributed by atoms with Gasteiger partial charge in [-0.15, -0.1) is 5.10 Å². The Bertz CT molecular complexity index is 443. The summed E-state index contributed by atoms with van der Waals surface area (Å²) in [5, 5.41) is 18.5. The van der Waals surface area contributed by atoms with Crippen LogP contribution in [0.3, 0.4) is 0 Å². The second-order valence-corrected chi connectivity index (χ2v) is 4.67. The van der Waals surface area contributed by atoms with Crippen molar-refractivity contribution in [3.63, 3.8) is 0 Å². The van der Waals surface area contributed by atoms with Gasteiger partial charge in [0.1, 0.15) is 6.54 Å². The molecule has 0 saturated carbocycles. The summed E-state index contributed by atoms with van der Waals surface area (Å²) in [6.45, 7) is 2.77. The first kappa shape index (κ1) is 15.1. The Kier molecular flexibility index (Phi) is 5.43. The molecule has 8 heteroatoms. The van der Waals surface area contributed by atoms with Crippen molar-refractivity contribution in [3.8, 4) is 0 Å². The van der Waals surface area contributed by atoms with E-state index in [2.05, 4.69) is 15.6 Å². The maximum absolute atomic E-state index is 11.7. The molecule has 1 aromatic heterocycles. The summed E-state index contributed by atoms with van der Waals surface area (Å²) in [5.41, 5.74) is -0.173. The van der Waals surface area contributed by atoms with E-state index >= 15 is 0 Å². The van der Waals surface area contributed by atoms with Crippen LogP contribution in [0, 0.1) is 0 Å². The first-order chi connectivity index (χ1) is 8.88. The van der Waals surface area contributed by atoms with Gasteiger partial charge in [-0.05, 0) is 34.0 Å². The van der Waals surface area contributed by atoms with E-state index in [1.165, 1.54) is 10.9 Å². The molecule has 1 heterocycles. The molecular formula is C11H19N5O3. The Labute approximate surface area is 111 Å². The Morgan fingerprint density at radius 1 is 1.53 bits per heavy atom. The zero-order chi connectivity index (χ0) is 14.4. The molecule has 1 rings (SSSR count). The number of carbonyl (C=O) groups is 2. The number of carbonyl (C=O) groups excluding carboxylic acids is 1. The van der Waals surface area contributed by atoms with Crippen molar-refractivity contribution in [1.82, 2.24) is 25.2 Å². The van der Waals surface area contributed by atoms with Crippen LogP contribution in [0.4, 0.5) is 0 Å². The topological polar surface area (TPSA) is 100 Å². The summed E-state index contributed by atoms with van der Waals surface area (Å²) in [5.74, 6) is -1.38. The molecule has 0 aromatic carbocycles. The number of nitrogens with one attached hydrogen (secondary N) is 1. The average Bonchev–Trinajstić information content (AvgIpc) is 2.74. The maximum Gasteiger partial charge on any atom is 0.358 e. The van der Waals surface area contributed by atoms with Crippen LogP contribution in [0.5, 0.6) is 0 Å². The fourth-order valence-electron chi connectivity index (χ4n) is 1.47. The maximum atomic E-state index is 11.7. The third-order valence-corrected chi connectivity index (χ3v) is 2.48. The van der Waals surface area contributed by atoms with Crippen molar-refractivity contribution < 1.29 is 14.7 Å². The Balaban J connectivity index is 2.39. The van der Waals surface area contributed by atoms with Crippen molar-refractivity contribution in [1.29, 1.82) is 0 Å². The van der Waals surface area contributed by atoms with Crippen LogP contribution in [-0.2, 0) is 11.3 Å². The van der Waals surface area contributed by atoms with Crippen molar-refractivity contribution in [2.45, 2.75) is 25.9 Å². The highest BCUT2D eigenvalue weighted by atomic mass is 16.4. The highest BCUT2D eigenvalue weighted by Crippen LogP contribution is 1.95. The fraction of sp³-hybridized carbons (Fsp3) is 0.636. The number of carboxylic acid groups (broad SMARTS) is 1. The van der Waals surface area contributed by atoms with E-state index in [1.54, 1.807) is 0 Å². The third-order valence-electron chi connectivity index (χ3n) is 2.48. The normalized spacial score (nSPS) is 12.4. The van der Waals surface area contributed by atoms with Gasteiger partial charge in [-0.25, -0.2) is 9.48 Å². The molecule has 19 heavy (non-hydrogen) atoms. The molecular weight excluding hydrogens is 250 g/mol.